The Morgan fingerprint density at radius 1 is 1.50 bits per heavy atom. The Labute approximate surface area is 87.7 Å². The average molecular weight is 205 g/mol. The first kappa shape index (κ1) is 9.27. The van der Waals surface area contributed by atoms with Gasteiger partial charge in [0.25, 0.3) is 0 Å². The summed E-state index contributed by atoms with van der Waals surface area (Å²) in [4.78, 5) is 11.6. The van der Waals surface area contributed by atoms with Crippen molar-refractivity contribution in [2.24, 2.45) is 0 Å². The van der Waals surface area contributed by atoms with Crippen LogP contribution in [0, 0.1) is 0 Å². The fourth-order valence-corrected chi connectivity index (χ4v) is 1.35. The molecule has 0 unspecified atom stereocenters. The lowest BCUT2D eigenvalue weighted by Crippen LogP contribution is -1.84. The minimum absolute atomic E-state index is 0.830. The van der Waals surface area contributed by atoms with E-state index in [1.165, 1.54) is 0 Å². The number of aromatic nitrogens is 3. The number of fused-ring (bicyclic) bond motifs is 1. The van der Waals surface area contributed by atoms with E-state index in [2.05, 4.69) is 33.7 Å². The molecule has 3 nitrogen and oxygen atoms in total. The average Bonchev–Trinajstić information content (AvgIpc) is 2.65. The smallest absolute Gasteiger partial charge is 0.156 e. The van der Waals surface area contributed by atoms with Crippen LogP contribution in [0.15, 0.2) is 24.5 Å². The van der Waals surface area contributed by atoms with Gasteiger partial charge in [-0.05, 0) is 24.3 Å². The number of nitrogens with one attached hydrogen (secondary N) is 1. The van der Waals surface area contributed by atoms with Crippen molar-refractivity contribution in [2.75, 3.05) is 5.75 Å². The Morgan fingerprint density at radius 2 is 2.43 bits per heavy atom. The zero-order chi connectivity index (χ0) is 9.80. The van der Waals surface area contributed by atoms with E-state index >= 15 is 0 Å². The van der Waals surface area contributed by atoms with E-state index in [-0.39, 0.29) is 0 Å². The molecule has 0 aromatic carbocycles. The van der Waals surface area contributed by atoms with Crippen LogP contribution in [0.4, 0.5) is 0 Å². The molecule has 2 heterocycles. The van der Waals surface area contributed by atoms with Crippen LogP contribution in [0.2, 0.25) is 0 Å². The summed E-state index contributed by atoms with van der Waals surface area (Å²) in [7, 11) is 0. The second-order valence-electron chi connectivity index (χ2n) is 2.92. The monoisotopic (exact) mass is 205 g/mol. The van der Waals surface area contributed by atoms with Crippen LogP contribution in [0.5, 0.6) is 0 Å². The standard InChI is InChI=1S/C10H11N3S/c14-6-2-1-3-8-7-12-10-9(13-8)4-5-11-10/h1,3-5,7,14H,2,6H2,(H,11,12). The molecule has 0 aliphatic heterocycles. The third-order valence-corrected chi connectivity index (χ3v) is 2.12. The fourth-order valence-electron chi connectivity index (χ4n) is 1.20. The molecular weight excluding hydrogens is 194 g/mol. The summed E-state index contributed by atoms with van der Waals surface area (Å²) in [6, 6.07) is 1.91. The number of hydrogen-bond donors (Lipinski definition) is 2. The maximum atomic E-state index is 4.40. The molecule has 4 heteroatoms. The van der Waals surface area contributed by atoms with E-state index in [0.29, 0.717) is 0 Å². The zero-order valence-corrected chi connectivity index (χ0v) is 8.54. The number of hydrogen-bond acceptors (Lipinski definition) is 3. The Morgan fingerprint density at radius 3 is 3.29 bits per heavy atom. The minimum Gasteiger partial charge on any atom is -0.345 e. The third kappa shape index (κ3) is 1.96. The van der Waals surface area contributed by atoms with Crippen molar-refractivity contribution in [3.8, 4) is 0 Å². The highest BCUT2D eigenvalue weighted by Crippen LogP contribution is 2.07. The largest absolute Gasteiger partial charge is 0.345 e. The van der Waals surface area contributed by atoms with Gasteiger partial charge in [-0.3, -0.25) is 0 Å². The van der Waals surface area contributed by atoms with Crippen molar-refractivity contribution in [1.82, 2.24) is 15.0 Å². The Hall–Kier alpha value is -1.29. The maximum Gasteiger partial charge on any atom is 0.156 e. The van der Waals surface area contributed by atoms with E-state index in [9.17, 15) is 0 Å². The highest BCUT2D eigenvalue weighted by molar-refractivity contribution is 7.80. The first-order valence-electron chi connectivity index (χ1n) is 4.47. The lowest BCUT2D eigenvalue weighted by Gasteiger charge is -1.92. The van der Waals surface area contributed by atoms with Gasteiger partial charge in [-0.1, -0.05) is 6.08 Å². The minimum atomic E-state index is 0.830. The van der Waals surface area contributed by atoms with Crippen LogP contribution in [-0.4, -0.2) is 20.7 Å². The van der Waals surface area contributed by atoms with Gasteiger partial charge in [0.15, 0.2) is 5.65 Å². The molecule has 0 radical (unpaired) electrons. The molecule has 0 atom stereocenters. The summed E-state index contributed by atoms with van der Waals surface area (Å²) in [5, 5.41) is 0. The zero-order valence-electron chi connectivity index (χ0n) is 7.64. The van der Waals surface area contributed by atoms with Gasteiger partial charge in [-0.2, -0.15) is 12.6 Å². The quantitative estimate of drug-likeness (QED) is 0.755. The van der Waals surface area contributed by atoms with Crippen LogP contribution < -0.4 is 0 Å². The molecule has 72 valence electrons. The predicted molar refractivity (Wildman–Crippen MR) is 61.4 cm³/mol. The molecule has 0 bridgehead atoms. The molecule has 2 rings (SSSR count). The number of H-pyrrole nitrogens is 1. The van der Waals surface area contributed by atoms with E-state index in [0.717, 1.165) is 29.0 Å². The third-order valence-electron chi connectivity index (χ3n) is 1.86. The normalized spacial score (nSPS) is 11.5. The van der Waals surface area contributed by atoms with Crippen molar-refractivity contribution in [3.63, 3.8) is 0 Å². The molecule has 14 heavy (non-hydrogen) atoms. The summed E-state index contributed by atoms with van der Waals surface area (Å²) < 4.78 is 0. The molecule has 0 amide bonds. The van der Waals surface area contributed by atoms with Crippen molar-refractivity contribution in [1.29, 1.82) is 0 Å². The topological polar surface area (TPSA) is 41.6 Å². The van der Waals surface area contributed by atoms with Crippen molar-refractivity contribution in [3.05, 3.63) is 30.2 Å². The van der Waals surface area contributed by atoms with Gasteiger partial charge in [0.05, 0.1) is 11.9 Å². The van der Waals surface area contributed by atoms with Crippen molar-refractivity contribution in [2.45, 2.75) is 6.42 Å². The van der Waals surface area contributed by atoms with E-state index in [1.54, 1.807) is 6.20 Å². The summed E-state index contributed by atoms with van der Waals surface area (Å²) in [6.07, 6.45) is 8.57. The van der Waals surface area contributed by atoms with Gasteiger partial charge in [-0.25, -0.2) is 9.97 Å². The summed E-state index contributed by atoms with van der Waals surface area (Å²) in [5.41, 5.74) is 2.62. The van der Waals surface area contributed by atoms with E-state index < -0.39 is 0 Å². The number of allylic oxidation sites excluding steroid dienone is 1. The second kappa shape index (κ2) is 4.28. The molecule has 0 saturated carbocycles. The molecule has 2 aromatic rings. The first-order chi connectivity index (χ1) is 6.90. The molecule has 2 aromatic heterocycles. The van der Waals surface area contributed by atoms with Gasteiger partial charge in [0.2, 0.25) is 0 Å². The van der Waals surface area contributed by atoms with Gasteiger partial charge in [0.1, 0.15) is 5.52 Å². The number of rotatable bonds is 3. The van der Waals surface area contributed by atoms with Crippen LogP contribution in [-0.2, 0) is 0 Å². The Bertz CT molecular complexity index is 447. The molecule has 0 aliphatic rings. The van der Waals surface area contributed by atoms with Gasteiger partial charge < -0.3 is 4.98 Å². The predicted octanol–water partition coefficient (Wildman–Crippen LogP) is 2.29. The lowest BCUT2D eigenvalue weighted by molar-refractivity contribution is 1.22. The van der Waals surface area contributed by atoms with Crippen LogP contribution >= 0.6 is 12.6 Å². The number of aromatic amines is 1. The van der Waals surface area contributed by atoms with Crippen molar-refractivity contribution >= 4 is 29.9 Å². The molecule has 0 spiro atoms. The highest BCUT2D eigenvalue weighted by atomic mass is 32.1. The fraction of sp³-hybridized carbons (Fsp3) is 0.200. The SMILES string of the molecule is SCCC=Cc1cnc2[nH]ccc2n1. The molecule has 0 fully saturated rings. The lowest BCUT2D eigenvalue weighted by atomic mass is 10.3. The van der Waals surface area contributed by atoms with E-state index in [4.69, 9.17) is 0 Å². The van der Waals surface area contributed by atoms with Crippen molar-refractivity contribution < 1.29 is 0 Å². The number of nitrogens with zero attached hydrogens (tertiary/aromatic N) is 2. The summed E-state index contributed by atoms with van der Waals surface area (Å²) >= 11 is 4.12. The Kier molecular flexibility index (Phi) is 2.84. The van der Waals surface area contributed by atoms with E-state index in [1.807, 2.05) is 18.3 Å². The molecule has 1 N–H and O–H groups in total. The number of thiol groups is 1. The molecule has 0 aliphatic carbocycles. The summed E-state index contributed by atoms with van der Waals surface area (Å²) in [6.45, 7) is 0. The van der Waals surface area contributed by atoms with Crippen LogP contribution in [0.25, 0.3) is 17.2 Å². The van der Waals surface area contributed by atoms with Gasteiger partial charge in [-0.15, -0.1) is 0 Å². The second-order valence-corrected chi connectivity index (χ2v) is 3.37. The van der Waals surface area contributed by atoms with Crippen LogP contribution in [0.1, 0.15) is 12.1 Å². The summed E-state index contributed by atoms with van der Waals surface area (Å²) in [5.74, 6) is 0.857. The molecule has 0 saturated heterocycles. The van der Waals surface area contributed by atoms with Crippen LogP contribution in [0.3, 0.4) is 0 Å². The first-order valence-corrected chi connectivity index (χ1v) is 5.11. The maximum absolute atomic E-state index is 4.40. The highest BCUT2D eigenvalue weighted by Gasteiger charge is 1.96. The van der Waals surface area contributed by atoms with Gasteiger partial charge in [0, 0.05) is 6.20 Å². The Balaban J connectivity index is 2.25. The molecular formula is C10H11N3S. The van der Waals surface area contributed by atoms with Gasteiger partial charge >= 0.3 is 0 Å².